The van der Waals surface area contributed by atoms with Crippen LogP contribution in [0.15, 0.2) is 66.7 Å². The minimum absolute atomic E-state index is 0.159. The summed E-state index contributed by atoms with van der Waals surface area (Å²) in [5.41, 5.74) is 4.48. The molecule has 3 aromatic rings. The molecule has 5 heteroatoms. The van der Waals surface area contributed by atoms with Gasteiger partial charge in [0.25, 0.3) is 0 Å². The zero-order chi connectivity index (χ0) is 20.9. The van der Waals surface area contributed by atoms with E-state index in [1.54, 1.807) is 18.2 Å². The molecule has 29 heavy (non-hydrogen) atoms. The van der Waals surface area contributed by atoms with Gasteiger partial charge in [-0.1, -0.05) is 61.9 Å². The Bertz CT molecular complexity index is 929. The minimum Gasteiger partial charge on any atom is -0.406 e. The fourth-order valence-corrected chi connectivity index (χ4v) is 3.23. The summed E-state index contributed by atoms with van der Waals surface area (Å²) < 4.78 is 54.8. The summed E-state index contributed by atoms with van der Waals surface area (Å²) in [6, 6.07) is 19.0. The van der Waals surface area contributed by atoms with Crippen molar-refractivity contribution < 1.29 is 22.3 Å². The lowest BCUT2D eigenvalue weighted by Gasteiger charge is -2.10. The third-order valence-electron chi connectivity index (χ3n) is 4.71. The predicted octanol–water partition coefficient (Wildman–Crippen LogP) is 7.13. The van der Waals surface area contributed by atoms with Crippen LogP contribution >= 0.6 is 0 Å². The third kappa shape index (κ3) is 6.08. The maximum atomic E-state index is 14.2. The van der Waals surface area contributed by atoms with Crippen molar-refractivity contribution in [2.45, 2.75) is 39.0 Å². The van der Waals surface area contributed by atoms with Gasteiger partial charge in [-0.25, -0.2) is 4.39 Å². The van der Waals surface area contributed by atoms with Gasteiger partial charge in [-0.15, -0.1) is 13.2 Å². The molecule has 3 aromatic carbocycles. The first-order valence-corrected chi connectivity index (χ1v) is 9.56. The smallest absolute Gasteiger partial charge is 0.406 e. The minimum atomic E-state index is -4.70. The van der Waals surface area contributed by atoms with Crippen LogP contribution in [0, 0.1) is 5.82 Å². The van der Waals surface area contributed by atoms with Crippen molar-refractivity contribution >= 4 is 0 Å². The van der Waals surface area contributed by atoms with Gasteiger partial charge in [-0.3, -0.25) is 0 Å². The molecule has 0 unspecified atom stereocenters. The molecule has 0 aliphatic heterocycles. The summed E-state index contributed by atoms with van der Waals surface area (Å²) in [5, 5.41) is 0. The van der Waals surface area contributed by atoms with Crippen LogP contribution in [0.2, 0.25) is 0 Å². The van der Waals surface area contributed by atoms with Gasteiger partial charge >= 0.3 is 6.36 Å². The highest BCUT2D eigenvalue weighted by atomic mass is 19.4. The van der Waals surface area contributed by atoms with E-state index in [2.05, 4.69) is 11.7 Å². The highest BCUT2D eigenvalue weighted by Gasteiger charge is 2.30. The number of hydrogen-bond acceptors (Lipinski definition) is 1. The molecular weight excluding hydrogens is 380 g/mol. The maximum Gasteiger partial charge on any atom is 0.573 e. The molecule has 0 heterocycles. The fourth-order valence-electron chi connectivity index (χ4n) is 3.23. The van der Waals surface area contributed by atoms with E-state index in [0.717, 1.165) is 35.1 Å². The molecule has 0 aliphatic rings. The normalized spacial score (nSPS) is 11.5. The highest BCUT2D eigenvalue weighted by molar-refractivity contribution is 5.64. The van der Waals surface area contributed by atoms with Crippen LogP contribution < -0.4 is 4.74 Å². The van der Waals surface area contributed by atoms with Crippen molar-refractivity contribution in [3.8, 4) is 16.9 Å². The van der Waals surface area contributed by atoms with Crippen molar-refractivity contribution in [3.63, 3.8) is 0 Å². The van der Waals surface area contributed by atoms with Crippen LogP contribution in [-0.4, -0.2) is 6.36 Å². The Morgan fingerprint density at radius 3 is 1.86 bits per heavy atom. The van der Waals surface area contributed by atoms with Crippen LogP contribution in [-0.2, 0) is 19.3 Å². The average Bonchev–Trinajstić information content (AvgIpc) is 2.67. The monoisotopic (exact) mass is 402 g/mol. The fraction of sp³-hybridized carbons (Fsp3) is 0.250. The summed E-state index contributed by atoms with van der Waals surface area (Å²) in [6.45, 7) is 2.07. The molecule has 0 saturated heterocycles. The standard InChI is InChI=1S/C24H22F4O/c1-2-3-18-7-11-21(23(25)16-18)10-6-17-4-8-19(9-5-17)20-12-14-22(15-13-20)29-24(26,27)28/h4-5,7-9,11-16H,2-3,6,10H2,1H3. The van der Waals surface area contributed by atoms with Crippen LogP contribution in [0.4, 0.5) is 17.6 Å². The van der Waals surface area contributed by atoms with Gasteiger partial charge in [-0.2, -0.15) is 0 Å². The highest BCUT2D eigenvalue weighted by Crippen LogP contribution is 2.27. The van der Waals surface area contributed by atoms with Crippen molar-refractivity contribution in [2.75, 3.05) is 0 Å². The summed E-state index contributed by atoms with van der Waals surface area (Å²) in [4.78, 5) is 0. The molecule has 0 amide bonds. The number of aryl methyl sites for hydroxylation is 3. The van der Waals surface area contributed by atoms with Gasteiger partial charge in [0.1, 0.15) is 11.6 Å². The second kappa shape index (κ2) is 9.12. The zero-order valence-corrected chi connectivity index (χ0v) is 16.1. The van der Waals surface area contributed by atoms with Crippen molar-refractivity contribution in [3.05, 3.63) is 89.2 Å². The second-order valence-electron chi connectivity index (χ2n) is 6.94. The first-order valence-electron chi connectivity index (χ1n) is 9.56. The second-order valence-corrected chi connectivity index (χ2v) is 6.94. The Kier molecular flexibility index (Phi) is 6.57. The molecule has 0 spiro atoms. The molecule has 0 saturated carbocycles. The number of alkyl halides is 3. The molecule has 1 nitrogen and oxygen atoms in total. The molecule has 0 bridgehead atoms. The lowest BCUT2D eigenvalue weighted by atomic mass is 9.99. The number of halogens is 4. The van der Waals surface area contributed by atoms with Crippen LogP contribution in [0.3, 0.4) is 0 Å². The Hall–Kier alpha value is -2.82. The molecule has 152 valence electrons. The van der Waals surface area contributed by atoms with Crippen molar-refractivity contribution in [1.29, 1.82) is 0 Å². The van der Waals surface area contributed by atoms with E-state index < -0.39 is 6.36 Å². The zero-order valence-electron chi connectivity index (χ0n) is 16.1. The van der Waals surface area contributed by atoms with E-state index >= 15 is 0 Å². The van der Waals surface area contributed by atoms with E-state index in [1.807, 2.05) is 36.4 Å². The Balaban J connectivity index is 1.62. The molecule has 3 rings (SSSR count). The first kappa shape index (κ1) is 20.9. The molecule has 0 N–H and O–H groups in total. The van der Waals surface area contributed by atoms with E-state index in [4.69, 9.17) is 0 Å². The topological polar surface area (TPSA) is 9.23 Å². The Morgan fingerprint density at radius 1 is 0.724 bits per heavy atom. The molecule has 0 atom stereocenters. The van der Waals surface area contributed by atoms with Gasteiger partial charge < -0.3 is 4.74 Å². The van der Waals surface area contributed by atoms with Crippen LogP contribution in [0.1, 0.15) is 30.0 Å². The number of benzene rings is 3. The summed E-state index contributed by atoms with van der Waals surface area (Å²) >= 11 is 0. The molecule has 0 radical (unpaired) electrons. The third-order valence-corrected chi connectivity index (χ3v) is 4.71. The quantitative estimate of drug-likeness (QED) is 0.382. The first-order chi connectivity index (χ1) is 13.8. The van der Waals surface area contributed by atoms with Gasteiger partial charge in [0.15, 0.2) is 0 Å². The average molecular weight is 402 g/mol. The number of hydrogen-bond donors (Lipinski definition) is 0. The molecule has 0 aromatic heterocycles. The lowest BCUT2D eigenvalue weighted by Crippen LogP contribution is -2.16. The van der Waals surface area contributed by atoms with Gasteiger partial charge in [0.2, 0.25) is 0 Å². The van der Waals surface area contributed by atoms with E-state index in [1.165, 1.54) is 12.1 Å². The van der Waals surface area contributed by atoms with E-state index in [0.29, 0.717) is 18.4 Å². The Morgan fingerprint density at radius 2 is 1.31 bits per heavy atom. The molecule has 0 aliphatic carbocycles. The van der Waals surface area contributed by atoms with Crippen LogP contribution in [0.5, 0.6) is 5.75 Å². The van der Waals surface area contributed by atoms with Gasteiger partial charge in [-0.05, 0) is 65.3 Å². The van der Waals surface area contributed by atoms with E-state index in [9.17, 15) is 17.6 Å². The largest absolute Gasteiger partial charge is 0.573 e. The Labute approximate surface area is 168 Å². The summed E-state index contributed by atoms with van der Waals surface area (Å²) in [6.07, 6.45) is -1.51. The maximum absolute atomic E-state index is 14.2. The molecule has 0 fully saturated rings. The molecular formula is C24H22F4O. The predicted molar refractivity (Wildman–Crippen MR) is 106 cm³/mol. The SMILES string of the molecule is CCCc1ccc(CCc2ccc(-c3ccc(OC(F)(F)F)cc3)cc2)c(F)c1. The van der Waals surface area contributed by atoms with Gasteiger partial charge in [0.05, 0.1) is 0 Å². The number of rotatable bonds is 7. The van der Waals surface area contributed by atoms with Crippen molar-refractivity contribution in [2.24, 2.45) is 0 Å². The van der Waals surface area contributed by atoms with Crippen LogP contribution in [0.25, 0.3) is 11.1 Å². The van der Waals surface area contributed by atoms with Crippen molar-refractivity contribution in [1.82, 2.24) is 0 Å². The summed E-state index contributed by atoms with van der Waals surface area (Å²) in [7, 11) is 0. The summed E-state index contributed by atoms with van der Waals surface area (Å²) in [5.74, 6) is -0.404. The number of ether oxygens (including phenoxy) is 1. The lowest BCUT2D eigenvalue weighted by molar-refractivity contribution is -0.274. The van der Waals surface area contributed by atoms with E-state index in [-0.39, 0.29) is 11.6 Å². The van der Waals surface area contributed by atoms with Gasteiger partial charge in [0, 0.05) is 0 Å².